The molecule has 0 aliphatic carbocycles. The van der Waals surface area contributed by atoms with Crippen molar-refractivity contribution in [3.63, 3.8) is 0 Å². The smallest absolute Gasteiger partial charge is 0.239 e. The summed E-state index contributed by atoms with van der Waals surface area (Å²) in [6.45, 7) is 3.07. The van der Waals surface area contributed by atoms with Crippen LogP contribution in [0.15, 0.2) is 22.7 Å². The second-order valence-electron chi connectivity index (χ2n) is 3.66. The molecule has 1 aromatic rings. The highest BCUT2D eigenvalue weighted by Crippen LogP contribution is 2.29. The maximum atomic E-state index is 11.5. The molecule has 5 heteroatoms. The van der Waals surface area contributed by atoms with E-state index in [4.69, 9.17) is 11.6 Å². The topological polar surface area (TPSA) is 41.1 Å². The van der Waals surface area contributed by atoms with Crippen molar-refractivity contribution in [2.45, 2.75) is 19.8 Å². The minimum Gasteiger partial charge on any atom is -0.375 e. The summed E-state index contributed by atoms with van der Waals surface area (Å²) in [6.07, 6.45) is 2.08. The van der Waals surface area contributed by atoms with E-state index in [2.05, 4.69) is 33.5 Å². The number of carbonyl (C=O) groups excluding carboxylic acids is 1. The Balaban J connectivity index is 2.39. The van der Waals surface area contributed by atoms with Gasteiger partial charge in [0.25, 0.3) is 0 Å². The van der Waals surface area contributed by atoms with Gasteiger partial charge in [-0.25, -0.2) is 0 Å². The van der Waals surface area contributed by atoms with E-state index in [0.717, 1.165) is 29.5 Å². The van der Waals surface area contributed by atoms with Gasteiger partial charge in [0.1, 0.15) is 0 Å². The Labute approximate surface area is 115 Å². The molecule has 0 saturated heterocycles. The van der Waals surface area contributed by atoms with Gasteiger partial charge in [-0.15, -0.1) is 0 Å². The fraction of sp³-hybridized carbons (Fsp3) is 0.417. The summed E-state index contributed by atoms with van der Waals surface area (Å²) >= 11 is 9.31. The lowest BCUT2D eigenvalue weighted by Gasteiger charge is -2.09. The monoisotopic (exact) mass is 318 g/mol. The third kappa shape index (κ3) is 4.96. The predicted octanol–water partition coefficient (Wildman–Crippen LogP) is 3.43. The second kappa shape index (κ2) is 7.56. The zero-order chi connectivity index (χ0) is 12.7. The van der Waals surface area contributed by atoms with Crippen molar-refractivity contribution in [2.75, 3.05) is 18.4 Å². The third-order valence-corrected chi connectivity index (χ3v) is 3.64. The number of rotatable bonds is 6. The molecule has 1 amide bonds. The molecule has 0 unspecified atom stereocenters. The number of carbonyl (C=O) groups is 1. The standard InChI is InChI=1S/C12H16BrClN2O/c1-2-3-7-15-11(17)8-16-10-6-4-5-9(14)12(10)13/h4-6,16H,2-3,7-8H2,1H3,(H,15,17). The zero-order valence-corrected chi connectivity index (χ0v) is 12.1. The van der Waals surface area contributed by atoms with Gasteiger partial charge in [0, 0.05) is 6.54 Å². The number of hydrogen-bond donors (Lipinski definition) is 2. The van der Waals surface area contributed by atoms with E-state index in [-0.39, 0.29) is 12.5 Å². The maximum absolute atomic E-state index is 11.5. The Morgan fingerprint density at radius 2 is 2.24 bits per heavy atom. The molecule has 0 spiro atoms. The molecule has 1 aromatic carbocycles. The number of anilines is 1. The summed E-state index contributed by atoms with van der Waals surface area (Å²) < 4.78 is 0.781. The minimum absolute atomic E-state index is 0.00896. The minimum atomic E-state index is -0.00896. The Morgan fingerprint density at radius 3 is 2.94 bits per heavy atom. The number of benzene rings is 1. The first-order valence-electron chi connectivity index (χ1n) is 5.59. The van der Waals surface area contributed by atoms with Crippen molar-refractivity contribution in [3.8, 4) is 0 Å². The van der Waals surface area contributed by atoms with Crippen LogP contribution in [0, 0.1) is 0 Å². The summed E-state index contributed by atoms with van der Waals surface area (Å²) in [7, 11) is 0. The van der Waals surface area contributed by atoms with E-state index in [1.54, 1.807) is 6.07 Å². The van der Waals surface area contributed by atoms with Crippen LogP contribution >= 0.6 is 27.5 Å². The molecule has 1 rings (SSSR count). The van der Waals surface area contributed by atoms with E-state index in [0.29, 0.717) is 5.02 Å². The normalized spacial score (nSPS) is 10.1. The van der Waals surface area contributed by atoms with Gasteiger partial charge in [0.2, 0.25) is 5.91 Å². The Morgan fingerprint density at radius 1 is 1.47 bits per heavy atom. The molecular weight excluding hydrogens is 304 g/mol. The van der Waals surface area contributed by atoms with Crippen molar-refractivity contribution in [2.24, 2.45) is 0 Å². The van der Waals surface area contributed by atoms with Crippen LogP contribution in [0.4, 0.5) is 5.69 Å². The molecule has 0 bridgehead atoms. The SMILES string of the molecule is CCCCNC(=O)CNc1cccc(Cl)c1Br. The van der Waals surface area contributed by atoms with Crippen LogP contribution in [0.2, 0.25) is 5.02 Å². The van der Waals surface area contributed by atoms with Crippen molar-refractivity contribution >= 4 is 39.1 Å². The van der Waals surface area contributed by atoms with Crippen LogP contribution in [0.5, 0.6) is 0 Å². The first-order valence-corrected chi connectivity index (χ1v) is 6.76. The van der Waals surface area contributed by atoms with Gasteiger partial charge in [0.05, 0.1) is 21.7 Å². The molecule has 94 valence electrons. The Kier molecular flexibility index (Phi) is 6.37. The molecule has 2 N–H and O–H groups in total. The van der Waals surface area contributed by atoms with Crippen molar-refractivity contribution in [1.82, 2.24) is 5.32 Å². The van der Waals surface area contributed by atoms with Crippen LogP contribution in [-0.4, -0.2) is 19.0 Å². The first-order chi connectivity index (χ1) is 8.15. The van der Waals surface area contributed by atoms with Crippen LogP contribution in [0.3, 0.4) is 0 Å². The lowest BCUT2D eigenvalue weighted by Crippen LogP contribution is -2.30. The van der Waals surface area contributed by atoms with Crippen molar-refractivity contribution in [1.29, 1.82) is 0 Å². The highest BCUT2D eigenvalue weighted by atomic mass is 79.9. The summed E-state index contributed by atoms with van der Waals surface area (Å²) in [4.78, 5) is 11.5. The molecular formula is C12H16BrClN2O. The second-order valence-corrected chi connectivity index (χ2v) is 4.86. The average molecular weight is 320 g/mol. The molecule has 0 atom stereocenters. The number of unbranched alkanes of at least 4 members (excludes halogenated alkanes) is 1. The van der Waals surface area contributed by atoms with Gasteiger partial charge >= 0.3 is 0 Å². The van der Waals surface area contributed by atoms with Gasteiger partial charge in [-0.05, 0) is 34.5 Å². The average Bonchev–Trinajstić information content (AvgIpc) is 2.31. The van der Waals surface area contributed by atoms with E-state index in [1.807, 2.05) is 12.1 Å². The fourth-order valence-electron chi connectivity index (χ4n) is 1.28. The predicted molar refractivity (Wildman–Crippen MR) is 75.6 cm³/mol. The van der Waals surface area contributed by atoms with E-state index >= 15 is 0 Å². The Bertz CT molecular complexity index is 385. The van der Waals surface area contributed by atoms with E-state index in [1.165, 1.54) is 0 Å². The van der Waals surface area contributed by atoms with E-state index in [9.17, 15) is 4.79 Å². The van der Waals surface area contributed by atoms with Crippen molar-refractivity contribution < 1.29 is 4.79 Å². The Hall–Kier alpha value is -0.740. The molecule has 0 heterocycles. The van der Waals surface area contributed by atoms with Gasteiger partial charge in [0.15, 0.2) is 0 Å². The molecule has 0 fully saturated rings. The van der Waals surface area contributed by atoms with Crippen LogP contribution < -0.4 is 10.6 Å². The number of halogens is 2. The van der Waals surface area contributed by atoms with E-state index < -0.39 is 0 Å². The largest absolute Gasteiger partial charge is 0.375 e. The molecule has 0 saturated carbocycles. The molecule has 3 nitrogen and oxygen atoms in total. The van der Waals surface area contributed by atoms with Gasteiger partial charge in [-0.2, -0.15) is 0 Å². The molecule has 0 radical (unpaired) electrons. The van der Waals surface area contributed by atoms with Gasteiger partial charge < -0.3 is 10.6 Å². The molecule has 0 aliphatic rings. The van der Waals surface area contributed by atoms with Crippen LogP contribution in [0.25, 0.3) is 0 Å². The highest BCUT2D eigenvalue weighted by molar-refractivity contribution is 9.10. The first kappa shape index (κ1) is 14.3. The molecule has 0 aromatic heterocycles. The highest BCUT2D eigenvalue weighted by Gasteiger charge is 2.05. The number of hydrogen-bond acceptors (Lipinski definition) is 2. The number of nitrogens with one attached hydrogen (secondary N) is 2. The summed E-state index contributed by atoms with van der Waals surface area (Å²) in [5, 5.41) is 6.50. The van der Waals surface area contributed by atoms with Crippen LogP contribution in [0.1, 0.15) is 19.8 Å². The maximum Gasteiger partial charge on any atom is 0.239 e. The third-order valence-electron chi connectivity index (χ3n) is 2.24. The zero-order valence-electron chi connectivity index (χ0n) is 9.72. The quantitative estimate of drug-likeness (QED) is 0.789. The number of amides is 1. The summed E-state index contributed by atoms with van der Waals surface area (Å²) in [6, 6.07) is 5.50. The van der Waals surface area contributed by atoms with Crippen molar-refractivity contribution in [3.05, 3.63) is 27.7 Å². The lowest BCUT2D eigenvalue weighted by molar-refractivity contribution is -0.119. The lowest BCUT2D eigenvalue weighted by atomic mass is 10.3. The summed E-state index contributed by atoms with van der Waals surface area (Å²) in [5.74, 6) is -0.00896. The van der Waals surface area contributed by atoms with Crippen LogP contribution in [-0.2, 0) is 4.79 Å². The summed E-state index contributed by atoms with van der Waals surface area (Å²) in [5.41, 5.74) is 0.822. The molecule has 17 heavy (non-hydrogen) atoms. The van der Waals surface area contributed by atoms with Gasteiger partial charge in [-0.3, -0.25) is 4.79 Å². The molecule has 0 aliphatic heterocycles. The fourth-order valence-corrected chi connectivity index (χ4v) is 1.86. The van der Waals surface area contributed by atoms with Gasteiger partial charge in [-0.1, -0.05) is 31.0 Å².